The van der Waals surface area contributed by atoms with E-state index in [-0.39, 0.29) is 5.82 Å². The molecule has 5 heteroatoms. The van der Waals surface area contributed by atoms with Crippen LogP contribution in [0, 0.1) is 5.82 Å². The van der Waals surface area contributed by atoms with Crippen LogP contribution in [0.5, 0.6) is 0 Å². The van der Waals surface area contributed by atoms with Crippen molar-refractivity contribution in [2.75, 3.05) is 7.05 Å². The van der Waals surface area contributed by atoms with Crippen LogP contribution in [0.15, 0.2) is 59.0 Å². The second-order valence-corrected chi connectivity index (χ2v) is 5.17. The Morgan fingerprint density at radius 3 is 2.41 bits per heavy atom. The Kier molecular flexibility index (Phi) is 4.25. The molecule has 3 aromatic rings. The van der Waals surface area contributed by atoms with Gasteiger partial charge < -0.3 is 4.42 Å². The van der Waals surface area contributed by atoms with E-state index < -0.39 is 0 Å². The van der Waals surface area contributed by atoms with Gasteiger partial charge in [0, 0.05) is 12.1 Å². The van der Waals surface area contributed by atoms with Crippen molar-refractivity contribution < 1.29 is 8.81 Å². The highest BCUT2D eigenvalue weighted by atomic mass is 19.1. The summed E-state index contributed by atoms with van der Waals surface area (Å²) in [5, 5.41) is 8.05. The van der Waals surface area contributed by atoms with Gasteiger partial charge in [-0.1, -0.05) is 30.3 Å². The minimum atomic E-state index is -0.286. The molecule has 0 aliphatic heterocycles. The highest BCUT2D eigenvalue weighted by molar-refractivity contribution is 5.51. The molecule has 112 valence electrons. The van der Waals surface area contributed by atoms with E-state index >= 15 is 0 Å². The van der Waals surface area contributed by atoms with Crippen LogP contribution in [0.3, 0.4) is 0 Å². The quantitative estimate of drug-likeness (QED) is 0.723. The zero-order valence-corrected chi connectivity index (χ0v) is 12.2. The standard InChI is InChI=1S/C17H16FN3O/c1-21(11-13-5-3-2-4-6-13)12-16-19-20-17(22-16)14-7-9-15(18)10-8-14/h2-10H,11-12H2,1H3. The number of nitrogens with zero attached hydrogens (tertiary/aromatic N) is 3. The molecule has 1 heterocycles. The number of halogens is 1. The fraction of sp³-hybridized carbons (Fsp3) is 0.176. The third-order valence-electron chi connectivity index (χ3n) is 3.26. The summed E-state index contributed by atoms with van der Waals surface area (Å²) in [6.45, 7) is 1.36. The number of rotatable bonds is 5. The third-order valence-corrected chi connectivity index (χ3v) is 3.26. The second-order valence-electron chi connectivity index (χ2n) is 5.17. The number of hydrogen-bond acceptors (Lipinski definition) is 4. The number of aromatic nitrogens is 2. The fourth-order valence-electron chi connectivity index (χ4n) is 2.21. The summed E-state index contributed by atoms with van der Waals surface area (Å²) >= 11 is 0. The van der Waals surface area contributed by atoms with E-state index in [0.717, 1.165) is 6.54 Å². The predicted molar refractivity (Wildman–Crippen MR) is 81.3 cm³/mol. The molecule has 0 amide bonds. The average molecular weight is 297 g/mol. The first-order chi connectivity index (χ1) is 10.7. The molecule has 0 aliphatic rings. The van der Waals surface area contributed by atoms with Crippen molar-refractivity contribution in [2.45, 2.75) is 13.1 Å². The van der Waals surface area contributed by atoms with Gasteiger partial charge in [0.1, 0.15) is 5.82 Å². The zero-order valence-electron chi connectivity index (χ0n) is 12.2. The smallest absolute Gasteiger partial charge is 0.247 e. The van der Waals surface area contributed by atoms with Crippen molar-refractivity contribution in [2.24, 2.45) is 0 Å². The summed E-state index contributed by atoms with van der Waals surface area (Å²) < 4.78 is 18.5. The normalized spacial score (nSPS) is 11.0. The molecule has 0 spiro atoms. The van der Waals surface area contributed by atoms with Crippen molar-refractivity contribution in [3.63, 3.8) is 0 Å². The first kappa shape index (κ1) is 14.4. The van der Waals surface area contributed by atoms with Gasteiger partial charge in [-0.25, -0.2) is 4.39 Å². The lowest BCUT2D eigenvalue weighted by Crippen LogP contribution is -2.17. The highest BCUT2D eigenvalue weighted by Crippen LogP contribution is 2.18. The molecule has 0 saturated heterocycles. The van der Waals surface area contributed by atoms with Crippen LogP contribution in [0.4, 0.5) is 4.39 Å². The second kappa shape index (κ2) is 6.49. The molecule has 0 unspecified atom stereocenters. The summed E-state index contributed by atoms with van der Waals surface area (Å²) in [6.07, 6.45) is 0. The van der Waals surface area contributed by atoms with Gasteiger partial charge in [0.25, 0.3) is 0 Å². The molecule has 22 heavy (non-hydrogen) atoms. The molecule has 0 N–H and O–H groups in total. The van der Waals surface area contributed by atoms with Gasteiger partial charge in [-0.05, 0) is 36.9 Å². The van der Waals surface area contributed by atoms with Crippen molar-refractivity contribution >= 4 is 0 Å². The van der Waals surface area contributed by atoms with Crippen LogP contribution >= 0.6 is 0 Å². The summed E-state index contributed by atoms with van der Waals surface area (Å²) in [7, 11) is 1.99. The van der Waals surface area contributed by atoms with Gasteiger partial charge in [-0.2, -0.15) is 0 Å². The Morgan fingerprint density at radius 2 is 1.68 bits per heavy atom. The van der Waals surface area contributed by atoms with Crippen molar-refractivity contribution in [1.82, 2.24) is 15.1 Å². The molecule has 0 saturated carbocycles. The van der Waals surface area contributed by atoms with Crippen LogP contribution in [0.1, 0.15) is 11.5 Å². The first-order valence-corrected chi connectivity index (χ1v) is 7.01. The van der Waals surface area contributed by atoms with Gasteiger partial charge in [0.2, 0.25) is 11.8 Å². The van der Waals surface area contributed by atoms with Crippen LogP contribution in [0.2, 0.25) is 0 Å². The molecule has 2 aromatic carbocycles. The average Bonchev–Trinajstić information content (AvgIpc) is 2.97. The molecule has 4 nitrogen and oxygen atoms in total. The summed E-state index contributed by atoms with van der Waals surface area (Å²) in [6, 6.07) is 16.2. The maximum atomic E-state index is 12.9. The van der Waals surface area contributed by atoms with Crippen molar-refractivity contribution in [1.29, 1.82) is 0 Å². The summed E-state index contributed by atoms with van der Waals surface area (Å²) in [5.41, 5.74) is 1.94. The SMILES string of the molecule is CN(Cc1ccccc1)Cc1nnc(-c2ccc(F)cc2)o1. The molecular weight excluding hydrogens is 281 g/mol. The van der Waals surface area contributed by atoms with E-state index in [1.54, 1.807) is 12.1 Å². The van der Waals surface area contributed by atoms with Gasteiger partial charge in [-0.15, -0.1) is 10.2 Å². The maximum Gasteiger partial charge on any atom is 0.247 e. The van der Waals surface area contributed by atoms with E-state index in [0.29, 0.717) is 23.9 Å². The Bertz CT molecular complexity index is 725. The van der Waals surface area contributed by atoms with Crippen LogP contribution in [-0.4, -0.2) is 22.1 Å². The van der Waals surface area contributed by atoms with E-state index in [1.807, 2.05) is 25.2 Å². The minimum Gasteiger partial charge on any atom is -0.419 e. The third kappa shape index (κ3) is 3.56. The molecule has 0 bridgehead atoms. The van der Waals surface area contributed by atoms with E-state index in [9.17, 15) is 4.39 Å². The van der Waals surface area contributed by atoms with Crippen LogP contribution in [0.25, 0.3) is 11.5 Å². The predicted octanol–water partition coefficient (Wildman–Crippen LogP) is 3.51. The Labute approximate surface area is 128 Å². The largest absolute Gasteiger partial charge is 0.419 e. The van der Waals surface area contributed by atoms with E-state index in [1.165, 1.54) is 17.7 Å². The Hall–Kier alpha value is -2.53. The number of benzene rings is 2. The van der Waals surface area contributed by atoms with Gasteiger partial charge in [-0.3, -0.25) is 4.90 Å². The van der Waals surface area contributed by atoms with Gasteiger partial charge in [0.05, 0.1) is 6.54 Å². The number of hydrogen-bond donors (Lipinski definition) is 0. The zero-order chi connectivity index (χ0) is 15.4. The van der Waals surface area contributed by atoms with Crippen molar-refractivity contribution in [3.8, 4) is 11.5 Å². The Morgan fingerprint density at radius 1 is 0.955 bits per heavy atom. The molecule has 0 aliphatic carbocycles. The van der Waals surface area contributed by atoms with Crippen LogP contribution in [-0.2, 0) is 13.1 Å². The van der Waals surface area contributed by atoms with Gasteiger partial charge >= 0.3 is 0 Å². The van der Waals surface area contributed by atoms with Gasteiger partial charge in [0.15, 0.2) is 0 Å². The van der Waals surface area contributed by atoms with Crippen LogP contribution < -0.4 is 0 Å². The van der Waals surface area contributed by atoms with Crippen molar-refractivity contribution in [3.05, 3.63) is 71.9 Å². The molecule has 0 radical (unpaired) electrons. The summed E-state index contributed by atoms with van der Waals surface area (Å²) in [5.74, 6) is 0.659. The molecule has 1 aromatic heterocycles. The molecule has 0 atom stereocenters. The minimum absolute atomic E-state index is 0.286. The highest BCUT2D eigenvalue weighted by Gasteiger charge is 2.11. The lowest BCUT2D eigenvalue weighted by molar-refractivity contribution is 0.283. The van der Waals surface area contributed by atoms with E-state index in [4.69, 9.17) is 4.42 Å². The lowest BCUT2D eigenvalue weighted by atomic mass is 10.2. The fourth-order valence-corrected chi connectivity index (χ4v) is 2.21. The lowest BCUT2D eigenvalue weighted by Gasteiger charge is -2.13. The topological polar surface area (TPSA) is 42.2 Å². The molecule has 3 rings (SSSR count). The maximum absolute atomic E-state index is 12.9. The summed E-state index contributed by atoms with van der Waals surface area (Å²) in [4.78, 5) is 2.09. The Balaban J connectivity index is 1.65. The monoisotopic (exact) mass is 297 g/mol. The van der Waals surface area contributed by atoms with E-state index in [2.05, 4.69) is 27.2 Å². The molecular formula is C17H16FN3O. The molecule has 0 fully saturated rings. The first-order valence-electron chi connectivity index (χ1n) is 7.01.